The maximum absolute atomic E-state index is 13.8. The van der Waals surface area contributed by atoms with E-state index in [4.69, 9.17) is 21.1 Å². The monoisotopic (exact) mass is 414 g/mol. The summed E-state index contributed by atoms with van der Waals surface area (Å²) in [6, 6.07) is 15.2. The molecule has 3 aromatic rings. The van der Waals surface area contributed by atoms with Crippen LogP contribution in [0.4, 0.5) is 4.39 Å². The van der Waals surface area contributed by atoms with Crippen LogP contribution in [0.1, 0.15) is 18.1 Å². The minimum atomic E-state index is -0.497. The third-order valence-electron chi connectivity index (χ3n) is 4.05. The molecule has 0 fully saturated rings. The van der Waals surface area contributed by atoms with Crippen molar-refractivity contribution in [2.75, 3.05) is 6.61 Å². The summed E-state index contributed by atoms with van der Waals surface area (Å²) in [6.45, 7) is 2.69. The molecular formula is C22H20ClFN2O3. The highest BCUT2D eigenvalue weighted by atomic mass is 35.5. The summed E-state index contributed by atoms with van der Waals surface area (Å²) < 4.78 is 25.1. The minimum Gasteiger partial charge on any atom is -0.490 e. The van der Waals surface area contributed by atoms with Gasteiger partial charge in [-0.25, -0.2) is 9.37 Å². The molecule has 0 atom stereocenters. The van der Waals surface area contributed by atoms with Gasteiger partial charge in [-0.15, -0.1) is 0 Å². The van der Waals surface area contributed by atoms with Crippen LogP contribution in [0.2, 0.25) is 5.02 Å². The van der Waals surface area contributed by atoms with E-state index in [2.05, 4.69) is 10.3 Å². The second-order valence-electron chi connectivity index (χ2n) is 6.14. The highest BCUT2D eigenvalue weighted by molar-refractivity contribution is 6.31. The van der Waals surface area contributed by atoms with E-state index in [1.165, 1.54) is 12.1 Å². The van der Waals surface area contributed by atoms with Crippen molar-refractivity contribution in [1.82, 2.24) is 10.3 Å². The fraction of sp³-hybridized carbons (Fsp3) is 0.182. The van der Waals surface area contributed by atoms with E-state index in [9.17, 15) is 9.18 Å². The lowest BCUT2D eigenvalue weighted by Gasteiger charge is -2.11. The fourth-order valence-electron chi connectivity index (χ4n) is 2.62. The molecular weight excluding hydrogens is 395 g/mol. The number of nitrogens with zero attached hydrogens (tertiary/aromatic N) is 1. The smallest absolute Gasteiger partial charge is 0.224 e. The third-order valence-corrected chi connectivity index (χ3v) is 4.40. The molecule has 7 heteroatoms. The highest BCUT2D eigenvalue weighted by Gasteiger charge is 2.12. The van der Waals surface area contributed by atoms with Crippen molar-refractivity contribution in [3.63, 3.8) is 0 Å². The van der Waals surface area contributed by atoms with Crippen molar-refractivity contribution in [2.45, 2.75) is 19.9 Å². The number of hydrogen-bond acceptors (Lipinski definition) is 4. The average Bonchev–Trinajstić information content (AvgIpc) is 2.72. The number of rotatable bonds is 8. The molecule has 3 rings (SSSR count). The van der Waals surface area contributed by atoms with Gasteiger partial charge in [-0.2, -0.15) is 0 Å². The third kappa shape index (κ3) is 5.68. The second-order valence-corrected chi connectivity index (χ2v) is 6.55. The second kappa shape index (κ2) is 9.89. The lowest BCUT2D eigenvalue weighted by molar-refractivity contribution is -0.120. The van der Waals surface area contributed by atoms with Gasteiger partial charge < -0.3 is 14.8 Å². The lowest BCUT2D eigenvalue weighted by atomic mass is 10.1. The van der Waals surface area contributed by atoms with Crippen LogP contribution in [0.15, 0.2) is 60.8 Å². The number of benzene rings is 2. The molecule has 29 heavy (non-hydrogen) atoms. The predicted molar refractivity (Wildman–Crippen MR) is 109 cm³/mol. The zero-order valence-electron chi connectivity index (χ0n) is 15.8. The number of amides is 1. The predicted octanol–water partition coefficient (Wildman–Crippen LogP) is 4.92. The zero-order chi connectivity index (χ0) is 20.6. The number of ether oxygens (including phenoxy) is 2. The molecule has 0 aliphatic heterocycles. The van der Waals surface area contributed by atoms with Crippen molar-refractivity contribution in [2.24, 2.45) is 0 Å². The van der Waals surface area contributed by atoms with Gasteiger partial charge in [0.05, 0.1) is 13.0 Å². The van der Waals surface area contributed by atoms with Crippen LogP contribution >= 0.6 is 11.6 Å². The van der Waals surface area contributed by atoms with E-state index in [1.54, 1.807) is 30.5 Å². The van der Waals surface area contributed by atoms with E-state index in [0.717, 1.165) is 5.56 Å². The number of para-hydroxylation sites is 2. The first-order chi connectivity index (χ1) is 14.1. The largest absolute Gasteiger partial charge is 0.490 e. The van der Waals surface area contributed by atoms with Crippen LogP contribution in [0.3, 0.4) is 0 Å². The summed E-state index contributed by atoms with van der Waals surface area (Å²) in [4.78, 5) is 16.4. The van der Waals surface area contributed by atoms with Gasteiger partial charge in [0.2, 0.25) is 11.8 Å². The number of carbonyl (C=O) groups excluding carboxylic acids is 1. The van der Waals surface area contributed by atoms with Crippen molar-refractivity contribution in [3.05, 3.63) is 82.8 Å². The van der Waals surface area contributed by atoms with Gasteiger partial charge in [-0.1, -0.05) is 35.9 Å². The molecule has 0 saturated carbocycles. The molecule has 150 valence electrons. The number of aromatic nitrogens is 1. The molecule has 0 saturated heterocycles. The first-order valence-electron chi connectivity index (χ1n) is 9.11. The van der Waals surface area contributed by atoms with E-state index < -0.39 is 5.82 Å². The molecule has 0 radical (unpaired) electrons. The average molecular weight is 415 g/mol. The van der Waals surface area contributed by atoms with Crippen molar-refractivity contribution in [3.8, 4) is 17.4 Å². The Balaban J connectivity index is 1.56. The van der Waals surface area contributed by atoms with Crippen LogP contribution < -0.4 is 14.8 Å². The molecule has 0 aliphatic carbocycles. The van der Waals surface area contributed by atoms with Gasteiger partial charge in [0.15, 0.2) is 11.5 Å². The van der Waals surface area contributed by atoms with Gasteiger partial charge in [0.1, 0.15) is 5.82 Å². The first kappa shape index (κ1) is 20.6. The maximum Gasteiger partial charge on any atom is 0.224 e. The fourth-order valence-corrected chi connectivity index (χ4v) is 2.85. The van der Waals surface area contributed by atoms with Crippen molar-refractivity contribution >= 4 is 17.5 Å². The van der Waals surface area contributed by atoms with E-state index in [-0.39, 0.29) is 29.5 Å². The Kier molecular flexibility index (Phi) is 7.03. The van der Waals surface area contributed by atoms with Crippen molar-refractivity contribution in [1.29, 1.82) is 0 Å². The first-order valence-corrected chi connectivity index (χ1v) is 9.48. The number of halogens is 2. The van der Waals surface area contributed by atoms with Crippen molar-refractivity contribution < 1.29 is 18.7 Å². The number of pyridine rings is 1. The Bertz CT molecular complexity index is 960. The normalized spacial score (nSPS) is 10.4. The van der Waals surface area contributed by atoms with Gasteiger partial charge in [0.25, 0.3) is 0 Å². The molecule has 1 aromatic heterocycles. The van der Waals surface area contributed by atoms with Crippen LogP contribution in [0.5, 0.6) is 17.4 Å². The maximum atomic E-state index is 13.8. The molecule has 5 nitrogen and oxygen atoms in total. The quantitative estimate of drug-likeness (QED) is 0.568. The number of nitrogens with one attached hydrogen (secondary N) is 1. The van der Waals surface area contributed by atoms with Gasteiger partial charge >= 0.3 is 0 Å². The Morgan fingerprint density at radius 3 is 2.59 bits per heavy atom. The SMILES string of the molecule is CCOc1ccccc1Oc1ccc(CNC(=O)Cc2c(F)cccc2Cl)cn1. The number of carbonyl (C=O) groups is 1. The van der Waals surface area contributed by atoms with E-state index >= 15 is 0 Å². The van der Waals surface area contributed by atoms with Gasteiger partial charge in [-0.05, 0) is 36.8 Å². The number of hydrogen-bond donors (Lipinski definition) is 1. The summed E-state index contributed by atoms with van der Waals surface area (Å²) >= 11 is 5.95. The van der Waals surface area contributed by atoms with Gasteiger partial charge in [0, 0.05) is 29.4 Å². The Hall–Kier alpha value is -3.12. The van der Waals surface area contributed by atoms with Crippen LogP contribution in [-0.2, 0) is 17.8 Å². The summed E-state index contributed by atoms with van der Waals surface area (Å²) in [6.07, 6.45) is 1.48. The van der Waals surface area contributed by atoms with E-state index in [1.807, 2.05) is 25.1 Å². The molecule has 0 bridgehead atoms. The molecule has 1 heterocycles. The molecule has 0 spiro atoms. The summed E-state index contributed by atoms with van der Waals surface area (Å²) in [5, 5.41) is 2.96. The zero-order valence-corrected chi connectivity index (χ0v) is 16.6. The Labute approximate surface area is 173 Å². The minimum absolute atomic E-state index is 0.131. The molecule has 0 aliphatic rings. The standard InChI is InChI=1S/C22H20ClFN2O3/c1-2-28-19-8-3-4-9-20(19)29-22-11-10-15(14-26-22)13-25-21(27)12-16-17(23)6-5-7-18(16)24/h3-11,14H,2,12-13H2,1H3,(H,25,27). The molecule has 2 aromatic carbocycles. The topological polar surface area (TPSA) is 60.5 Å². The Morgan fingerprint density at radius 1 is 1.10 bits per heavy atom. The lowest BCUT2D eigenvalue weighted by Crippen LogP contribution is -2.25. The summed E-state index contributed by atoms with van der Waals surface area (Å²) in [5.74, 6) is 0.793. The summed E-state index contributed by atoms with van der Waals surface area (Å²) in [5.41, 5.74) is 0.963. The highest BCUT2D eigenvalue weighted by Crippen LogP contribution is 2.30. The molecule has 0 unspecified atom stereocenters. The molecule has 1 N–H and O–H groups in total. The van der Waals surface area contributed by atoms with Gasteiger partial charge in [-0.3, -0.25) is 4.79 Å². The van der Waals surface area contributed by atoms with E-state index in [0.29, 0.717) is 24.0 Å². The Morgan fingerprint density at radius 2 is 1.90 bits per heavy atom. The summed E-state index contributed by atoms with van der Waals surface area (Å²) in [7, 11) is 0. The molecule has 1 amide bonds. The van der Waals surface area contributed by atoms with Crippen LogP contribution in [0.25, 0.3) is 0 Å². The van der Waals surface area contributed by atoms with Crippen LogP contribution in [0, 0.1) is 5.82 Å². The van der Waals surface area contributed by atoms with Crippen LogP contribution in [-0.4, -0.2) is 17.5 Å².